The second kappa shape index (κ2) is 7.79. The molecule has 25 heavy (non-hydrogen) atoms. The van der Waals surface area contributed by atoms with Crippen molar-refractivity contribution >= 4 is 5.82 Å². The summed E-state index contributed by atoms with van der Waals surface area (Å²) in [7, 11) is 1.68. The summed E-state index contributed by atoms with van der Waals surface area (Å²) in [5, 5.41) is 16.1. The minimum absolute atomic E-state index is 0.456. The number of nitrogens with one attached hydrogen (secondary N) is 1. The highest BCUT2D eigenvalue weighted by Gasteiger charge is 2.06. The molecule has 0 saturated carbocycles. The molecule has 6 nitrogen and oxygen atoms in total. The number of ether oxygens (including phenoxy) is 1. The molecule has 2 aromatic heterocycles. The minimum Gasteiger partial charge on any atom is -0.497 e. The summed E-state index contributed by atoms with van der Waals surface area (Å²) in [4.78, 5) is 0. The molecular weight excluding hydrogens is 314 g/mol. The van der Waals surface area contributed by atoms with Crippen LogP contribution >= 0.6 is 0 Å². The Morgan fingerprint density at radius 1 is 1.08 bits per heavy atom. The van der Waals surface area contributed by atoms with Gasteiger partial charge in [0.1, 0.15) is 11.6 Å². The lowest BCUT2D eigenvalue weighted by atomic mass is 9.98. The predicted octanol–water partition coefficient (Wildman–Crippen LogP) is 3.59. The lowest BCUT2D eigenvalue weighted by Crippen LogP contribution is -2.09. The van der Waals surface area contributed by atoms with Crippen molar-refractivity contribution in [3.63, 3.8) is 0 Å². The van der Waals surface area contributed by atoms with Crippen LogP contribution in [0.5, 0.6) is 5.75 Å². The van der Waals surface area contributed by atoms with E-state index in [-0.39, 0.29) is 0 Å². The molecule has 2 heterocycles. The average molecular weight is 337 g/mol. The lowest BCUT2D eigenvalue weighted by Gasteiger charge is -2.13. The molecule has 1 atom stereocenters. The first kappa shape index (κ1) is 17.0. The summed E-state index contributed by atoms with van der Waals surface area (Å²) < 4.78 is 6.92. The van der Waals surface area contributed by atoms with Crippen LogP contribution in [0, 0.1) is 6.92 Å². The molecule has 0 amide bonds. The topological polar surface area (TPSA) is 64.9 Å². The van der Waals surface area contributed by atoms with E-state index in [0.29, 0.717) is 11.7 Å². The zero-order valence-electron chi connectivity index (χ0n) is 14.8. The van der Waals surface area contributed by atoms with Gasteiger partial charge in [0.15, 0.2) is 5.82 Å². The largest absolute Gasteiger partial charge is 0.497 e. The molecule has 0 bridgehead atoms. The zero-order valence-corrected chi connectivity index (χ0v) is 14.8. The Morgan fingerprint density at radius 2 is 1.88 bits per heavy atom. The molecule has 0 spiro atoms. The van der Waals surface area contributed by atoms with Crippen LogP contribution in [0.2, 0.25) is 0 Å². The smallest absolute Gasteiger partial charge is 0.175 e. The number of hydrogen-bond acceptors (Lipinski definition) is 5. The second-order valence-electron chi connectivity index (χ2n) is 6.07. The Labute approximate surface area is 147 Å². The van der Waals surface area contributed by atoms with Crippen molar-refractivity contribution in [1.82, 2.24) is 20.0 Å². The monoisotopic (exact) mass is 337 g/mol. The van der Waals surface area contributed by atoms with Gasteiger partial charge in [0, 0.05) is 12.7 Å². The van der Waals surface area contributed by atoms with E-state index < -0.39 is 0 Å². The fourth-order valence-electron chi connectivity index (χ4n) is 2.60. The van der Waals surface area contributed by atoms with Crippen molar-refractivity contribution < 1.29 is 4.74 Å². The minimum atomic E-state index is 0.456. The molecule has 0 aliphatic heterocycles. The van der Waals surface area contributed by atoms with Crippen LogP contribution in [0.25, 0.3) is 5.82 Å². The fourth-order valence-corrected chi connectivity index (χ4v) is 2.60. The number of nitrogens with zero attached hydrogens (tertiary/aromatic N) is 4. The van der Waals surface area contributed by atoms with Crippen LogP contribution < -0.4 is 10.1 Å². The van der Waals surface area contributed by atoms with E-state index in [1.54, 1.807) is 11.8 Å². The second-order valence-corrected chi connectivity index (χ2v) is 6.07. The third-order valence-corrected chi connectivity index (χ3v) is 4.18. The Hall–Kier alpha value is -2.89. The molecule has 130 valence electrons. The van der Waals surface area contributed by atoms with Crippen LogP contribution in [-0.2, 0) is 0 Å². The number of rotatable bonds is 7. The van der Waals surface area contributed by atoms with Gasteiger partial charge in [-0.05, 0) is 55.2 Å². The highest BCUT2D eigenvalue weighted by atomic mass is 16.5. The Morgan fingerprint density at radius 3 is 2.48 bits per heavy atom. The van der Waals surface area contributed by atoms with Gasteiger partial charge < -0.3 is 10.1 Å². The molecule has 1 aromatic carbocycles. The number of aromatic nitrogens is 4. The molecule has 0 saturated heterocycles. The summed E-state index contributed by atoms with van der Waals surface area (Å²) in [5.74, 6) is 2.83. The van der Waals surface area contributed by atoms with Gasteiger partial charge in [0.2, 0.25) is 0 Å². The first-order valence-electron chi connectivity index (χ1n) is 8.40. The van der Waals surface area contributed by atoms with E-state index in [9.17, 15) is 0 Å². The van der Waals surface area contributed by atoms with Crippen LogP contribution in [0.3, 0.4) is 0 Å². The van der Waals surface area contributed by atoms with Crippen LogP contribution in [-0.4, -0.2) is 33.6 Å². The molecule has 0 aliphatic rings. The number of aryl methyl sites for hydroxylation is 1. The lowest BCUT2D eigenvalue weighted by molar-refractivity contribution is 0.414. The summed E-state index contributed by atoms with van der Waals surface area (Å²) >= 11 is 0. The summed E-state index contributed by atoms with van der Waals surface area (Å²) in [6.07, 6.45) is 2.89. The van der Waals surface area contributed by atoms with E-state index in [4.69, 9.17) is 4.74 Å². The molecule has 0 aliphatic carbocycles. The summed E-state index contributed by atoms with van der Waals surface area (Å²) in [6, 6.07) is 14.0. The maximum atomic E-state index is 5.20. The molecule has 3 aromatic rings. The molecule has 0 fully saturated rings. The number of hydrogen-bond donors (Lipinski definition) is 1. The molecule has 1 N–H and O–H groups in total. The van der Waals surface area contributed by atoms with Crippen molar-refractivity contribution in [3.8, 4) is 11.6 Å². The fraction of sp³-hybridized carbons (Fsp3) is 0.316. The SMILES string of the molecule is COc1ccc(C(C)CCNc2ccc(-n3ccc(C)n3)nn2)cc1. The predicted molar refractivity (Wildman–Crippen MR) is 98.4 cm³/mol. The van der Waals surface area contributed by atoms with Gasteiger partial charge in [-0.2, -0.15) is 5.10 Å². The van der Waals surface area contributed by atoms with Gasteiger partial charge in [-0.3, -0.25) is 0 Å². The maximum Gasteiger partial charge on any atom is 0.175 e. The zero-order chi connectivity index (χ0) is 17.6. The molecule has 1 unspecified atom stereocenters. The highest BCUT2D eigenvalue weighted by Crippen LogP contribution is 2.21. The summed E-state index contributed by atoms with van der Waals surface area (Å²) in [5.41, 5.74) is 2.26. The number of anilines is 1. The standard InChI is InChI=1S/C19H23N5O/c1-14(16-4-6-17(25-3)7-5-16)10-12-20-18-8-9-19(22-21-18)24-13-11-15(2)23-24/h4-9,11,13-14H,10,12H2,1-3H3,(H,20,21). The van der Waals surface area contributed by atoms with Crippen molar-refractivity contribution in [2.24, 2.45) is 0 Å². The van der Waals surface area contributed by atoms with E-state index in [1.165, 1.54) is 5.56 Å². The summed E-state index contributed by atoms with van der Waals surface area (Å²) in [6.45, 7) is 5.00. The van der Waals surface area contributed by atoms with Gasteiger partial charge in [-0.1, -0.05) is 19.1 Å². The van der Waals surface area contributed by atoms with Crippen LogP contribution in [0.1, 0.15) is 30.5 Å². The number of benzene rings is 1. The quantitative estimate of drug-likeness (QED) is 0.714. The van der Waals surface area contributed by atoms with Crippen molar-refractivity contribution in [2.45, 2.75) is 26.2 Å². The van der Waals surface area contributed by atoms with Gasteiger partial charge in [0.05, 0.1) is 12.8 Å². The molecule has 3 rings (SSSR count). The Bertz CT molecular complexity index is 795. The molecular formula is C19H23N5O. The van der Waals surface area contributed by atoms with Crippen molar-refractivity contribution in [2.75, 3.05) is 19.0 Å². The van der Waals surface area contributed by atoms with Gasteiger partial charge in [0.25, 0.3) is 0 Å². The van der Waals surface area contributed by atoms with Crippen molar-refractivity contribution in [1.29, 1.82) is 0 Å². The van der Waals surface area contributed by atoms with Crippen LogP contribution in [0.15, 0.2) is 48.7 Å². The van der Waals surface area contributed by atoms with Gasteiger partial charge in [-0.25, -0.2) is 4.68 Å². The van der Waals surface area contributed by atoms with E-state index in [0.717, 1.165) is 30.2 Å². The average Bonchev–Trinajstić information content (AvgIpc) is 3.08. The first-order chi connectivity index (χ1) is 12.2. The van der Waals surface area contributed by atoms with E-state index >= 15 is 0 Å². The molecule has 6 heteroatoms. The van der Waals surface area contributed by atoms with Gasteiger partial charge >= 0.3 is 0 Å². The van der Waals surface area contributed by atoms with Gasteiger partial charge in [-0.15, -0.1) is 10.2 Å². The maximum absolute atomic E-state index is 5.20. The van der Waals surface area contributed by atoms with Crippen LogP contribution in [0.4, 0.5) is 5.82 Å². The normalized spacial score (nSPS) is 12.0. The first-order valence-corrected chi connectivity index (χ1v) is 8.40. The third-order valence-electron chi connectivity index (χ3n) is 4.18. The van der Waals surface area contributed by atoms with E-state index in [2.05, 4.69) is 39.7 Å². The number of methoxy groups -OCH3 is 1. The van der Waals surface area contributed by atoms with Crippen molar-refractivity contribution in [3.05, 3.63) is 59.9 Å². The third kappa shape index (κ3) is 4.35. The van der Waals surface area contributed by atoms with E-state index in [1.807, 2.05) is 43.5 Å². The Balaban J connectivity index is 1.51. The highest BCUT2D eigenvalue weighted by molar-refractivity contribution is 5.36. The Kier molecular flexibility index (Phi) is 5.28. The molecule has 0 radical (unpaired) electrons.